The normalized spacial score (nSPS) is 17.1. The molecule has 110 valence electrons. The predicted octanol–water partition coefficient (Wildman–Crippen LogP) is 1.92. The first-order valence-electron chi connectivity index (χ1n) is 6.85. The minimum atomic E-state index is -0.532. The number of rotatable bonds is 5. The molecule has 2 rings (SSSR count). The molecule has 0 radical (unpaired) electrons. The molecule has 1 heterocycles. The van der Waals surface area contributed by atoms with E-state index in [9.17, 15) is 4.79 Å². The minimum absolute atomic E-state index is 0.173. The van der Waals surface area contributed by atoms with Crippen molar-refractivity contribution in [3.63, 3.8) is 0 Å². The van der Waals surface area contributed by atoms with Gasteiger partial charge in [0.05, 0.1) is 16.3 Å². The number of nitrogens with zero attached hydrogens (tertiary/aromatic N) is 1. The number of halogens is 1. The number of primary amides is 1. The number of benzene rings is 1. The van der Waals surface area contributed by atoms with Gasteiger partial charge >= 0.3 is 0 Å². The molecule has 1 aliphatic rings. The molecule has 6 heteroatoms. The van der Waals surface area contributed by atoms with Crippen LogP contribution in [0.5, 0.6) is 0 Å². The highest BCUT2D eigenvalue weighted by atomic mass is 35.5. The van der Waals surface area contributed by atoms with Crippen molar-refractivity contribution in [3.8, 4) is 0 Å². The van der Waals surface area contributed by atoms with Gasteiger partial charge in [0.1, 0.15) is 0 Å². The van der Waals surface area contributed by atoms with Crippen molar-refractivity contribution in [2.45, 2.75) is 25.8 Å². The van der Waals surface area contributed by atoms with Crippen molar-refractivity contribution < 1.29 is 4.79 Å². The van der Waals surface area contributed by atoms with Crippen LogP contribution >= 0.6 is 11.6 Å². The van der Waals surface area contributed by atoms with Gasteiger partial charge in [0.15, 0.2) is 0 Å². The molecule has 1 atom stereocenters. The Balaban J connectivity index is 2.13. The summed E-state index contributed by atoms with van der Waals surface area (Å²) >= 11 is 6.18. The predicted molar refractivity (Wildman–Crippen MR) is 83.1 cm³/mol. The lowest BCUT2D eigenvalue weighted by atomic mass is 10.1. The van der Waals surface area contributed by atoms with E-state index in [-0.39, 0.29) is 6.04 Å². The number of likely N-dealkylation sites (tertiary alicyclic amines) is 1. The smallest absolute Gasteiger partial charge is 0.250 e. The third-order valence-corrected chi connectivity index (χ3v) is 3.80. The Hall–Kier alpha value is -1.46. The Kier molecular flexibility index (Phi) is 4.73. The first-order valence-corrected chi connectivity index (χ1v) is 7.23. The minimum Gasteiger partial charge on any atom is -0.399 e. The average molecular weight is 297 g/mol. The van der Waals surface area contributed by atoms with Crippen molar-refractivity contribution in [3.05, 3.63) is 22.7 Å². The summed E-state index contributed by atoms with van der Waals surface area (Å²) in [5, 5.41) is 3.71. The summed E-state index contributed by atoms with van der Waals surface area (Å²) in [7, 11) is 0. The number of anilines is 2. The van der Waals surface area contributed by atoms with E-state index < -0.39 is 5.91 Å². The highest BCUT2D eigenvalue weighted by molar-refractivity contribution is 6.34. The van der Waals surface area contributed by atoms with Crippen LogP contribution in [-0.2, 0) is 0 Å². The van der Waals surface area contributed by atoms with Crippen molar-refractivity contribution in [1.29, 1.82) is 0 Å². The molecule has 0 spiro atoms. The van der Waals surface area contributed by atoms with Crippen LogP contribution in [0, 0.1) is 0 Å². The van der Waals surface area contributed by atoms with E-state index in [0.29, 0.717) is 22.0 Å². The number of hydrogen-bond donors (Lipinski definition) is 3. The summed E-state index contributed by atoms with van der Waals surface area (Å²) < 4.78 is 0. The van der Waals surface area contributed by atoms with Gasteiger partial charge in [0, 0.05) is 18.3 Å². The summed E-state index contributed by atoms with van der Waals surface area (Å²) in [6, 6.07) is 3.35. The fourth-order valence-electron chi connectivity index (χ4n) is 2.61. The van der Waals surface area contributed by atoms with E-state index in [0.717, 1.165) is 19.6 Å². The maximum Gasteiger partial charge on any atom is 0.250 e. The SMILES string of the molecule is CC(CN1CCCC1)Nc1c(Cl)cc(N)cc1C(N)=O. The van der Waals surface area contributed by atoms with Crippen molar-refractivity contribution in [2.75, 3.05) is 30.7 Å². The molecule has 1 amide bonds. The molecule has 1 fully saturated rings. The first-order chi connectivity index (χ1) is 9.47. The molecule has 1 unspecified atom stereocenters. The van der Waals surface area contributed by atoms with Crippen LogP contribution in [0.2, 0.25) is 5.02 Å². The van der Waals surface area contributed by atoms with Gasteiger partial charge in [0.25, 0.3) is 5.91 Å². The average Bonchev–Trinajstić information content (AvgIpc) is 2.84. The zero-order chi connectivity index (χ0) is 14.7. The topological polar surface area (TPSA) is 84.4 Å². The van der Waals surface area contributed by atoms with Gasteiger partial charge in [-0.3, -0.25) is 4.79 Å². The molecule has 0 aliphatic carbocycles. The number of nitrogens with one attached hydrogen (secondary N) is 1. The quantitative estimate of drug-likeness (QED) is 0.725. The lowest BCUT2D eigenvalue weighted by Gasteiger charge is -2.23. The molecule has 0 saturated carbocycles. The molecule has 0 aromatic heterocycles. The number of carbonyl (C=O) groups excluding carboxylic acids is 1. The molecular weight excluding hydrogens is 276 g/mol. The largest absolute Gasteiger partial charge is 0.399 e. The zero-order valence-electron chi connectivity index (χ0n) is 11.7. The third kappa shape index (κ3) is 3.55. The monoisotopic (exact) mass is 296 g/mol. The lowest BCUT2D eigenvalue weighted by Crippen LogP contribution is -2.33. The van der Waals surface area contributed by atoms with Crippen LogP contribution in [0.15, 0.2) is 12.1 Å². The fourth-order valence-corrected chi connectivity index (χ4v) is 2.90. The van der Waals surface area contributed by atoms with Crippen LogP contribution in [0.3, 0.4) is 0 Å². The maximum absolute atomic E-state index is 11.5. The summed E-state index contributed by atoms with van der Waals surface area (Å²) in [5.74, 6) is -0.532. The Labute approximate surface area is 124 Å². The van der Waals surface area contributed by atoms with Crippen molar-refractivity contribution >= 4 is 28.9 Å². The van der Waals surface area contributed by atoms with Crippen LogP contribution in [0.1, 0.15) is 30.1 Å². The molecular formula is C14H21ClN4O. The molecule has 1 aromatic carbocycles. The molecule has 5 nitrogen and oxygen atoms in total. The van der Waals surface area contributed by atoms with Crippen LogP contribution in [0.25, 0.3) is 0 Å². The van der Waals surface area contributed by atoms with E-state index >= 15 is 0 Å². The lowest BCUT2D eigenvalue weighted by molar-refractivity contribution is 0.100. The third-order valence-electron chi connectivity index (χ3n) is 3.50. The second-order valence-corrected chi connectivity index (χ2v) is 5.75. The van der Waals surface area contributed by atoms with E-state index in [4.69, 9.17) is 23.1 Å². The summed E-state index contributed by atoms with van der Waals surface area (Å²) in [4.78, 5) is 13.9. The first kappa shape index (κ1) is 14.9. The highest BCUT2D eigenvalue weighted by Gasteiger charge is 2.18. The van der Waals surface area contributed by atoms with E-state index in [1.807, 2.05) is 0 Å². The van der Waals surface area contributed by atoms with Crippen molar-refractivity contribution in [1.82, 2.24) is 4.90 Å². The van der Waals surface area contributed by atoms with Gasteiger partial charge in [0.2, 0.25) is 0 Å². The molecule has 1 saturated heterocycles. The molecule has 20 heavy (non-hydrogen) atoms. The van der Waals surface area contributed by atoms with Gasteiger partial charge in [-0.1, -0.05) is 11.6 Å². The van der Waals surface area contributed by atoms with E-state index in [1.54, 1.807) is 12.1 Å². The van der Waals surface area contributed by atoms with Crippen LogP contribution in [-0.4, -0.2) is 36.5 Å². The van der Waals surface area contributed by atoms with Gasteiger partial charge in [-0.15, -0.1) is 0 Å². The molecule has 1 aliphatic heterocycles. The summed E-state index contributed by atoms with van der Waals surface area (Å²) in [6.07, 6.45) is 2.50. The Bertz CT molecular complexity index is 500. The molecule has 0 bridgehead atoms. The van der Waals surface area contributed by atoms with Crippen LogP contribution < -0.4 is 16.8 Å². The van der Waals surface area contributed by atoms with Gasteiger partial charge < -0.3 is 21.7 Å². The summed E-state index contributed by atoms with van der Waals surface area (Å²) in [6.45, 7) is 5.24. The second-order valence-electron chi connectivity index (χ2n) is 5.34. The Morgan fingerprint density at radius 3 is 2.70 bits per heavy atom. The Morgan fingerprint density at radius 2 is 2.10 bits per heavy atom. The van der Waals surface area contributed by atoms with E-state index in [1.165, 1.54) is 12.8 Å². The highest BCUT2D eigenvalue weighted by Crippen LogP contribution is 2.29. The van der Waals surface area contributed by atoms with Crippen LogP contribution in [0.4, 0.5) is 11.4 Å². The number of nitrogen functional groups attached to an aromatic ring is 1. The van der Waals surface area contributed by atoms with Gasteiger partial charge in [-0.25, -0.2) is 0 Å². The van der Waals surface area contributed by atoms with Gasteiger partial charge in [-0.05, 0) is 45.0 Å². The van der Waals surface area contributed by atoms with E-state index in [2.05, 4.69) is 17.1 Å². The molecule has 1 aromatic rings. The fraction of sp³-hybridized carbons (Fsp3) is 0.500. The zero-order valence-corrected chi connectivity index (χ0v) is 12.4. The summed E-state index contributed by atoms with van der Waals surface area (Å²) in [5.41, 5.74) is 12.4. The standard InChI is InChI=1S/C14H21ClN4O/c1-9(8-19-4-2-3-5-19)18-13-11(14(17)20)6-10(16)7-12(13)15/h6-7,9,18H,2-5,8,16H2,1H3,(H2,17,20). The number of nitrogens with two attached hydrogens (primary N) is 2. The van der Waals surface area contributed by atoms with Gasteiger partial charge in [-0.2, -0.15) is 0 Å². The molecule has 5 N–H and O–H groups in total. The maximum atomic E-state index is 11.5. The number of hydrogen-bond acceptors (Lipinski definition) is 4. The van der Waals surface area contributed by atoms with Crippen molar-refractivity contribution in [2.24, 2.45) is 5.73 Å². The second kappa shape index (κ2) is 6.33. The Morgan fingerprint density at radius 1 is 1.45 bits per heavy atom. The number of carbonyl (C=O) groups is 1. The number of amides is 1.